The Morgan fingerprint density at radius 1 is 1.12 bits per heavy atom. The number of amides is 2. The zero-order valence-electron chi connectivity index (χ0n) is 17.5. The number of halogens is 1. The Hall–Kier alpha value is -3.42. The van der Waals surface area contributed by atoms with Gasteiger partial charge in [-0.25, -0.2) is 4.98 Å². The topological polar surface area (TPSA) is 80.8 Å². The van der Waals surface area contributed by atoms with Crippen LogP contribution in [0.1, 0.15) is 15.9 Å². The molecule has 0 aliphatic carbocycles. The van der Waals surface area contributed by atoms with E-state index in [9.17, 15) is 9.59 Å². The van der Waals surface area contributed by atoms with E-state index in [1.807, 2.05) is 24.3 Å². The molecule has 8 heteroatoms. The van der Waals surface area contributed by atoms with E-state index in [4.69, 9.17) is 21.1 Å². The van der Waals surface area contributed by atoms with Crippen molar-refractivity contribution in [1.82, 2.24) is 15.2 Å². The molecule has 0 unspecified atom stereocenters. The standard InChI is InChI=1S/C24H22ClN3O4/c1-31-19-8-7-17-13-18(22(25)26-20(17)15-19)14-21(24(30)28-9-11-32-12-10-28)27-23(29)16-5-3-2-4-6-16/h2-8,13-15H,9-12H2,1H3,(H,27,29). The molecule has 4 rings (SSSR count). The molecule has 1 fully saturated rings. The van der Waals surface area contributed by atoms with Crippen molar-refractivity contribution >= 4 is 40.4 Å². The molecule has 1 aliphatic heterocycles. The van der Waals surface area contributed by atoms with Gasteiger partial charge in [0, 0.05) is 35.7 Å². The van der Waals surface area contributed by atoms with Gasteiger partial charge in [-0.1, -0.05) is 29.8 Å². The highest BCUT2D eigenvalue weighted by Crippen LogP contribution is 2.26. The van der Waals surface area contributed by atoms with E-state index in [1.54, 1.807) is 48.4 Å². The molecular formula is C24H22ClN3O4. The molecule has 0 bridgehead atoms. The van der Waals surface area contributed by atoms with Crippen LogP contribution in [0.5, 0.6) is 5.75 Å². The molecule has 1 aromatic heterocycles. The molecule has 7 nitrogen and oxygen atoms in total. The summed E-state index contributed by atoms with van der Waals surface area (Å²) in [5.41, 5.74) is 1.76. The number of nitrogens with one attached hydrogen (secondary N) is 1. The fourth-order valence-electron chi connectivity index (χ4n) is 3.40. The number of carbonyl (C=O) groups is 2. The summed E-state index contributed by atoms with van der Waals surface area (Å²) in [6.45, 7) is 1.79. The van der Waals surface area contributed by atoms with Crippen molar-refractivity contribution in [3.05, 3.63) is 76.6 Å². The van der Waals surface area contributed by atoms with Crippen LogP contribution in [0.3, 0.4) is 0 Å². The minimum absolute atomic E-state index is 0.123. The number of benzene rings is 2. The van der Waals surface area contributed by atoms with E-state index >= 15 is 0 Å². The van der Waals surface area contributed by atoms with Crippen LogP contribution in [0.2, 0.25) is 5.15 Å². The number of ether oxygens (including phenoxy) is 2. The van der Waals surface area contributed by atoms with E-state index in [0.717, 1.165) is 5.39 Å². The fourth-order valence-corrected chi connectivity index (χ4v) is 3.60. The number of nitrogens with zero attached hydrogens (tertiary/aromatic N) is 2. The lowest BCUT2D eigenvalue weighted by Gasteiger charge is -2.28. The van der Waals surface area contributed by atoms with Gasteiger partial charge in [0.1, 0.15) is 16.6 Å². The van der Waals surface area contributed by atoms with Gasteiger partial charge in [0.15, 0.2) is 0 Å². The molecule has 0 atom stereocenters. The Morgan fingerprint density at radius 2 is 1.88 bits per heavy atom. The Balaban J connectivity index is 1.71. The van der Waals surface area contributed by atoms with Crippen LogP contribution in [0.4, 0.5) is 0 Å². The first-order chi connectivity index (χ1) is 15.5. The minimum atomic E-state index is -0.381. The number of methoxy groups -OCH3 is 1. The summed E-state index contributed by atoms with van der Waals surface area (Å²) in [5.74, 6) is -0.0146. The van der Waals surface area contributed by atoms with Crippen molar-refractivity contribution in [1.29, 1.82) is 0 Å². The minimum Gasteiger partial charge on any atom is -0.497 e. The van der Waals surface area contributed by atoms with Crippen LogP contribution >= 0.6 is 11.6 Å². The first kappa shape index (κ1) is 21.8. The maximum Gasteiger partial charge on any atom is 0.270 e. The molecule has 2 amide bonds. The predicted molar refractivity (Wildman–Crippen MR) is 123 cm³/mol. The SMILES string of the molecule is COc1ccc2cc(C=C(NC(=O)c3ccccc3)C(=O)N3CCOCC3)c(Cl)nc2c1. The summed E-state index contributed by atoms with van der Waals surface area (Å²) >= 11 is 6.43. The smallest absolute Gasteiger partial charge is 0.270 e. The average Bonchev–Trinajstić information content (AvgIpc) is 2.84. The summed E-state index contributed by atoms with van der Waals surface area (Å²) < 4.78 is 10.6. The highest BCUT2D eigenvalue weighted by Gasteiger charge is 2.23. The molecule has 0 saturated carbocycles. The van der Waals surface area contributed by atoms with Gasteiger partial charge >= 0.3 is 0 Å². The van der Waals surface area contributed by atoms with E-state index in [-0.39, 0.29) is 22.7 Å². The summed E-state index contributed by atoms with van der Waals surface area (Å²) in [7, 11) is 1.58. The van der Waals surface area contributed by atoms with Gasteiger partial charge in [-0.15, -0.1) is 0 Å². The molecule has 0 radical (unpaired) electrons. The van der Waals surface area contributed by atoms with Crippen molar-refractivity contribution in [2.75, 3.05) is 33.4 Å². The monoisotopic (exact) mass is 451 g/mol. The van der Waals surface area contributed by atoms with Crippen LogP contribution in [0.25, 0.3) is 17.0 Å². The number of morpholine rings is 1. The van der Waals surface area contributed by atoms with Crippen LogP contribution in [0, 0.1) is 0 Å². The Bertz CT molecular complexity index is 1170. The number of aromatic nitrogens is 1. The summed E-state index contributed by atoms with van der Waals surface area (Å²) in [6, 6.07) is 16.0. The van der Waals surface area contributed by atoms with Gasteiger partial charge in [-0.3, -0.25) is 9.59 Å². The largest absolute Gasteiger partial charge is 0.497 e. The quantitative estimate of drug-likeness (QED) is 0.474. The molecule has 1 aliphatic rings. The normalized spacial score (nSPS) is 14.3. The second-order valence-electron chi connectivity index (χ2n) is 7.21. The van der Waals surface area contributed by atoms with Crippen molar-refractivity contribution in [2.45, 2.75) is 0 Å². The zero-order valence-corrected chi connectivity index (χ0v) is 18.3. The molecular weight excluding hydrogens is 430 g/mol. The van der Waals surface area contributed by atoms with E-state index in [0.29, 0.717) is 48.7 Å². The Morgan fingerprint density at radius 3 is 2.59 bits per heavy atom. The lowest BCUT2D eigenvalue weighted by Crippen LogP contribution is -2.44. The highest BCUT2D eigenvalue weighted by molar-refractivity contribution is 6.31. The summed E-state index contributed by atoms with van der Waals surface area (Å²) in [4.78, 5) is 32.1. The molecule has 164 valence electrons. The molecule has 1 N–H and O–H groups in total. The molecule has 1 saturated heterocycles. The summed E-state index contributed by atoms with van der Waals surface area (Å²) in [5, 5.41) is 3.80. The van der Waals surface area contributed by atoms with Crippen LogP contribution in [-0.4, -0.2) is 55.1 Å². The van der Waals surface area contributed by atoms with Gasteiger partial charge in [0.25, 0.3) is 11.8 Å². The van der Waals surface area contributed by atoms with Crippen LogP contribution < -0.4 is 10.1 Å². The third-order valence-corrected chi connectivity index (χ3v) is 5.42. The van der Waals surface area contributed by atoms with Gasteiger partial charge in [0.05, 0.1) is 25.8 Å². The van der Waals surface area contributed by atoms with Crippen molar-refractivity contribution in [3.63, 3.8) is 0 Å². The number of fused-ring (bicyclic) bond motifs is 1. The maximum atomic E-state index is 13.2. The van der Waals surface area contributed by atoms with Gasteiger partial charge in [-0.05, 0) is 36.4 Å². The van der Waals surface area contributed by atoms with Crippen LogP contribution in [-0.2, 0) is 9.53 Å². The molecule has 3 aromatic rings. The van der Waals surface area contributed by atoms with Crippen molar-refractivity contribution < 1.29 is 19.1 Å². The number of hydrogen-bond donors (Lipinski definition) is 1. The third kappa shape index (κ3) is 4.90. The first-order valence-electron chi connectivity index (χ1n) is 10.1. The molecule has 2 heterocycles. The average molecular weight is 452 g/mol. The van der Waals surface area contributed by atoms with Crippen molar-refractivity contribution in [2.24, 2.45) is 0 Å². The fraction of sp³-hybridized carbons (Fsp3) is 0.208. The second-order valence-corrected chi connectivity index (χ2v) is 7.57. The van der Waals surface area contributed by atoms with E-state index in [1.165, 1.54) is 0 Å². The lowest BCUT2D eigenvalue weighted by atomic mass is 10.1. The van der Waals surface area contributed by atoms with Gasteiger partial charge in [-0.2, -0.15) is 0 Å². The van der Waals surface area contributed by atoms with Gasteiger partial charge in [0.2, 0.25) is 0 Å². The third-order valence-electron chi connectivity index (χ3n) is 5.12. The molecule has 32 heavy (non-hydrogen) atoms. The van der Waals surface area contributed by atoms with E-state index < -0.39 is 0 Å². The number of rotatable bonds is 5. The Labute approximate surface area is 190 Å². The second kappa shape index (κ2) is 9.80. The lowest BCUT2D eigenvalue weighted by molar-refractivity contribution is -0.131. The first-order valence-corrected chi connectivity index (χ1v) is 10.5. The van der Waals surface area contributed by atoms with Crippen molar-refractivity contribution in [3.8, 4) is 5.75 Å². The zero-order chi connectivity index (χ0) is 22.5. The molecule has 2 aromatic carbocycles. The molecule has 0 spiro atoms. The maximum absolute atomic E-state index is 13.2. The van der Waals surface area contributed by atoms with Gasteiger partial charge < -0.3 is 19.7 Å². The number of hydrogen-bond acceptors (Lipinski definition) is 5. The number of carbonyl (C=O) groups excluding carboxylic acids is 2. The van der Waals surface area contributed by atoms with E-state index in [2.05, 4.69) is 10.3 Å². The van der Waals surface area contributed by atoms with Crippen LogP contribution in [0.15, 0.2) is 60.3 Å². The predicted octanol–water partition coefficient (Wildman–Crippen LogP) is 3.53. The summed E-state index contributed by atoms with van der Waals surface area (Å²) in [6.07, 6.45) is 1.57. The highest BCUT2D eigenvalue weighted by atomic mass is 35.5. The Kier molecular flexibility index (Phi) is 6.68. The number of pyridine rings is 1.